The predicted octanol–water partition coefficient (Wildman–Crippen LogP) is 0.444. The normalized spacial score (nSPS) is 13.5. The number of aliphatic hydroxyl groups excluding tert-OH is 1. The molecule has 4 heteroatoms. The van der Waals surface area contributed by atoms with Crippen LogP contribution in [0.2, 0.25) is 0 Å². The minimum atomic E-state index is -0.536. The van der Waals surface area contributed by atoms with Crippen molar-refractivity contribution in [3.63, 3.8) is 0 Å². The zero-order valence-electron chi connectivity index (χ0n) is 5.74. The van der Waals surface area contributed by atoms with Crippen molar-refractivity contribution in [3.05, 3.63) is 16.6 Å². The second-order valence-electron chi connectivity index (χ2n) is 2.12. The molecule has 0 aliphatic rings. The van der Waals surface area contributed by atoms with E-state index in [9.17, 15) is 5.11 Å². The first kappa shape index (κ1) is 7.65. The molecule has 1 unspecified atom stereocenters. The molecule has 0 aliphatic heterocycles. The number of nitrogens with zero attached hydrogens (tertiary/aromatic N) is 1. The fourth-order valence-electron chi connectivity index (χ4n) is 0.656. The van der Waals surface area contributed by atoms with Crippen molar-refractivity contribution in [1.82, 2.24) is 4.37 Å². The number of aryl methyl sites for hydroxylation is 1. The summed E-state index contributed by atoms with van der Waals surface area (Å²) in [5.74, 6) is 0. The summed E-state index contributed by atoms with van der Waals surface area (Å²) in [7, 11) is 0. The Balaban J connectivity index is 2.74. The predicted molar refractivity (Wildman–Crippen MR) is 40.9 cm³/mol. The molecule has 0 saturated carbocycles. The monoisotopic (exact) mass is 158 g/mol. The number of hydrogen-bond acceptors (Lipinski definition) is 4. The minimum absolute atomic E-state index is 0.266. The summed E-state index contributed by atoms with van der Waals surface area (Å²) >= 11 is 1.30. The van der Waals surface area contributed by atoms with Crippen molar-refractivity contribution in [2.24, 2.45) is 5.73 Å². The molecule has 0 amide bonds. The molecule has 0 fully saturated rings. The van der Waals surface area contributed by atoms with E-state index in [1.807, 2.05) is 13.0 Å². The van der Waals surface area contributed by atoms with Crippen LogP contribution in [0.3, 0.4) is 0 Å². The molecular weight excluding hydrogens is 148 g/mol. The molecule has 0 aliphatic carbocycles. The smallest absolute Gasteiger partial charge is 0.102 e. The van der Waals surface area contributed by atoms with E-state index < -0.39 is 6.10 Å². The molecule has 1 atom stereocenters. The van der Waals surface area contributed by atoms with Crippen molar-refractivity contribution in [2.75, 3.05) is 6.54 Å². The van der Waals surface area contributed by atoms with Crippen LogP contribution in [-0.2, 0) is 0 Å². The van der Waals surface area contributed by atoms with Crippen LogP contribution >= 0.6 is 11.5 Å². The average molecular weight is 158 g/mol. The number of nitrogens with two attached hydrogens (primary N) is 1. The van der Waals surface area contributed by atoms with Gasteiger partial charge in [-0.3, -0.25) is 0 Å². The Morgan fingerprint density at radius 3 is 3.00 bits per heavy atom. The molecule has 10 heavy (non-hydrogen) atoms. The van der Waals surface area contributed by atoms with Gasteiger partial charge in [-0.05, 0) is 24.5 Å². The van der Waals surface area contributed by atoms with Gasteiger partial charge in [-0.15, -0.1) is 0 Å². The summed E-state index contributed by atoms with van der Waals surface area (Å²) in [5, 5.41) is 9.19. The highest BCUT2D eigenvalue weighted by Crippen LogP contribution is 2.16. The van der Waals surface area contributed by atoms with E-state index in [0.29, 0.717) is 0 Å². The zero-order chi connectivity index (χ0) is 7.56. The van der Waals surface area contributed by atoms with Crippen LogP contribution in [0, 0.1) is 6.92 Å². The lowest BCUT2D eigenvalue weighted by molar-refractivity contribution is 0.190. The van der Waals surface area contributed by atoms with E-state index in [4.69, 9.17) is 5.73 Å². The van der Waals surface area contributed by atoms with Gasteiger partial charge >= 0.3 is 0 Å². The van der Waals surface area contributed by atoms with Crippen LogP contribution in [-0.4, -0.2) is 16.0 Å². The molecule has 0 aromatic carbocycles. The van der Waals surface area contributed by atoms with Crippen LogP contribution in [0.4, 0.5) is 0 Å². The fourth-order valence-corrected chi connectivity index (χ4v) is 1.40. The third kappa shape index (κ3) is 1.53. The quantitative estimate of drug-likeness (QED) is 0.656. The first-order valence-corrected chi connectivity index (χ1v) is 3.82. The molecule has 1 aromatic heterocycles. The van der Waals surface area contributed by atoms with Gasteiger partial charge in [0.25, 0.3) is 0 Å². The molecule has 0 saturated heterocycles. The summed E-state index contributed by atoms with van der Waals surface area (Å²) in [4.78, 5) is 0.847. The van der Waals surface area contributed by atoms with E-state index in [-0.39, 0.29) is 6.54 Å². The maximum absolute atomic E-state index is 9.19. The van der Waals surface area contributed by atoms with Crippen molar-refractivity contribution >= 4 is 11.5 Å². The average Bonchev–Trinajstić information content (AvgIpc) is 2.34. The number of hydrogen-bond donors (Lipinski definition) is 2. The SMILES string of the molecule is Cc1cc(C(O)CN)sn1. The maximum atomic E-state index is 9.19. The number of rotatable bonds is 2. The van der Waals surface area contributed by atoms with Crippen molar-refractivity contribution < 1.29 is 5.11 Å². The van der Waals surface area contributed by atoms with Gasteiger partial charge in [0.2, 0.25) is 0 Å². The summed E-state index contributed by atoms with van der Waals surface area (Å²) < 4.78 is 4.01. The Bertz CT molecular complexity index is 211. The Hall–Kier alpha value is -0.450. The van der Waals surface area contributed by atoms with Crippen molar-refractivity contribution in [3.8, 4) is 0 Å². The standard InChI is InChI=1S/C6H10N2OS/c1-4-2-6(10-8-4)5(9)3-7/h2,5,9H,3,7H2,1H3. The molecule has 1 rings (SSSR count). The van der Waals surface area contributed by atoms with Crippen LogP contribution < -0.4 is 5.73 Å². The summed E-state index contributed by atoms with van der Waals surface area (Å²) in [6.07, 6.45) is -0.536. The second kappa shape index (κ2) is 3.09. The van der Waals surface area contributed by atoms with Crippen LogP contribution in [0.15, 0.2) is 6.07 Å². The first-order valence-electron chi connectivity index (χ1n) is 3.05. The van der Waals surface area contributed by atoms with Crippen molar-refractivity contribution in [1.29, 1.82) is 0 Å². The lowest BCUT2D eigenvalue weighted by Crippen LogP contribution is -2.09. The molecule has 56 valence electrons. The van der Waals surface area contributed by atoms with Crippen LogP contribution in [0.1, 0.15) is 16.7 Å². The van der Waals surface area contributed by atoms with Crippen LogP contribution in [0.5, 0.6) is 0 Å². The zero-order valence-corrected chi connectivity index (χ0v) is 6.56. The molecule has 0 spiro atoms. The molecule has 0 bridgehead atoms. The first-order chi connectivity index (χ1) is 4.74. The molecule has 1 aromatic rings. The lowest BCUT2D eigenvalue weighted by atomic mass is 10.3. The largest absolute Gasteiger partial charge is 0.386 e. The lowest BCUT2D eigenvalue weighted by Gasteiger charge is -2.00. The topological polar surface area (TPSA) is 59.1 Å². The van der Waals surface area contributed by atoms with Gasteiger partial charge < -0.3 is 10.8 Å². The van der Waals surface area contributed by atoms with Gasteiger partial charge in [-0.2, -0.15) is 4.37 Å². The van der Waals surface area contributed by atoms with Gasteiger partial charge in [0.1, 0.15) is 6.10 Å². The molecule has 3 nitrogen and oxygen atoms in total. The summed E-state index contributed by atoms with van der Waals surface area (Å²) in [6, 6.07) is 1.85. The summed E-state index contributed by atoms with van der Waals surface area (Å²) in [6.45, 7) is 2.16. The van der Waals surface area contributed by atoms with Gasteiger partial charge in [0, 0.05) is 6.54 Å². The van der Waals surface area contributed by atoms with Gasteiger partial charge in [0.05, 0.1) is 10.6 Å². The third-order valence-corrected chi connectivity index (χ3v) is 2.18. The highest BCUT2D eigenvalue weighted by atomic mass is 32.1. The summed E-state index contributed by atoms with van der Waals surface area (Å²) in [5.41, 5.74) is 6.18. The number of aromatic nitrogens is 1. The number of aliphatic hydroxyl groups is 1. The van der Waals surface area contributed by atoms with E-state index in [2.05, 4.69) is 4.37 Å². The Morgan fingerprint density at radius 1 is 1.90 bits per heavy atom. The second-order valence-corrected chi connectivity index (χ2v) is 2.96. The molecule has 1 heterocycles. The van der Waals surface area contributed by atoms with E-state index >= 15 is 0 Å². The van der Waals surface area contributed by atoms with E-state index in [1.165, 1.54) is 11.5 Å². The van der Waals surface area contributed by atoms with Crippen molar-refractivity contribution in [2.45, 2.75) is 13.0 Å². The highest BCUT2D eigenvalue weighted by molar-refractivity contribution is 7.05. The fraction of sp³-hybridized carbons (Fsp3) is 0.500. The molecule has 3 N–H and O–H groups in total. The third-order valence-electron chi connectivity index (χ3n) is 1.20. The minimum Gasteiger partial charge on any atom is -0.386 e. The van der Waals surface area contributed by atoms with E-state index in [0.717, 1.165) is 10.6 Å². The van der Waals surface area contributed by atoms with Gasteiger partial charge in [0.15, 0.2) is 0 Å². The Kier molecular flexibility index (Phi) is 2.37. The van der Waals surface area contributed by atoms with Gasteiger partial charge in [-0.25, -0.2) is 0 Å². The Labute approximate surface area is 63.7 Å². The Morgan fingerprint density at radius 2 is 2.60 bits per heavy atom. The van der Waals surface area contributed by atoms with Crippen LogP contribution in [0.25, 0.3) is 0 Å². The van der Waals surface area contributed by atoms with Gasteiger partial charge in [-0.1, -0.05) is 0 Å². The van der Waals surface area contributed by atoms with E-state index in [1.54, 1.807) is 0 Å². The molecule has 0 radical (unpaired) electrons. The maximum Gasteiger partial charge on any atom is 0.102 e. The highest BCUT2D eigenvalue weighted by Gasteiger charge is 2.06. The molecular formula is C6H10N2OS.